The molecule has 72 valence electrons. The molecule has 1 aromatic carbocycles. The number of hydrogen-bond donors (Lipinski definition) is 1. The lowest BCUT2D eigenvalue weighted by Crippen LogP contribution is -2.11. The van der Waals surface area contributed by atoms with E-state index in [2.05, 4.69) is 6.58 Å². The molecule has 2 N–H and O–H groups in total. The highest BCUT2D eigenvalue weighted by atomic mass is 19.1. The van der Waals surface area contributed by atoms with Gasteiger partial charge in [-0.1, -0.05) is 12.1 Å². The van der Waals surface area contributed by atoms with E-state index in [0.717, 1.165) is 0 Å². The minimum absolute atomic E-state index is 0.303. The Labute approximate surface area is 82.5 Å². The molecule has 0 aromatic heterocycles. The van der Waals surface area contributed by atoms with Crippen molar-refractivity contribution in [2.24, 2.45) is 5.73 Å². The molecule has 0 radical (unpaired) electrons. The average Bonchev–Trinajstić information content (AvgIpc) is 2.17. The molecule has 0 spiro atoms. The highest BCUT2D eigenvalue weighted by molar-refractivity contribution is 5.34. The van der Waals surface area contributed by atoms with Crippen molar-refractivity contribution in [2.45, 2.75) is 12.5 Å². The zero-order valence-electron chi connectivity index (χ0n) is 7.70. The van der Waals surface area contributed by atoms with Gasteiger partial charge in [0, 0.05) is 11.6 Å². The molecular formula is C11H11FN2. The lowest BCUT2D eigenvalue weighted by Gasteiger charge is -2.10. The largest absolute Gasteiger partial charge is 0.324 e. The Morgan fingerprint density at radius 2 is 2.36 bits per heavy atom. The van der Waals surface area contributed by atoms with E-state index < -0.39 is 5.82 Å². The summed E-state index contributed by atoms with van der Waals surface area (Å²) in [4.78, 5) is 0. The third-order valence-electron chi connectivity index (χ3n) is 1.95. The van der Waals surface area contributed by atoms with E-state index in [9.17, 15) is 4.39 Å². The molecule has 1 unspecified atom stereocenters. The molecule has 0 amide bonds. The number of halogens is 1. The first kappa shape index (κ1) is 10.4. The quantitative estimate of drug-likeness (QED) is 0.743. The van der Waals surface area contributed by atoms with Gasteiger partial charge < -0.3 is 5.73 Å². The van der Waals surface area contributed by atoms with Crippen LogP contribution in [0, 0.1) is 17.1 Å². The second-order valence-corrected chi connectivity index (χ2v) is 2.98. The van der Waals surface area contributed by atoms with Crippen LogP contribution in [0.3, 0.4) is 0 Å². The van der Waals surface area contributed by atoms with Crippen LogP contribution in [0.5, 0.6) is 0 Å². The summed E-state index contributed by atoms with van der Waals surface area (Å²) in [6.07, 6.45) is 2.16. The standard InChI is InChI=1S/C11H11FN2/c1-2-3-11(14)9-5-4-8(7-13)6-10(9)12/h2,4-6,11H,1,3,14H2. The van der Waals surface area contributed by atoms with Gasteiger partial charge in [-0.05, 0) is 18.6 Å². The fourth-order valence-electron chi connectivity index (χ4n) is 1.20. The zero-order chi connectivity index (χ0) is 10.6. The van der Waals surface area contributed by atoms with Crippen LogP contribution in [-0.2, 0) is 0 Å². The van der Waals surface area contributed by atoms with E-state index in [1.54, 1.807) is 18.2 Å². The minimum Gasteiger partial charge on any atom is -0.324 e. The first-order chi connectivity index (χ1) is 6.69. The van der Waals surface area contributed by atoms with E-state index in [1.165, 1.54) is 6.07 Å². The van der Waals surface area contributed by atoms with Crippen LogP contribution >= 0.6 is 0 Å². The average molecular weight is 190 g/mol. The Morgan fingerprint density at radius 3 is 2.86 bits per heavy atom. The summed E-state index contributed by atoms with van der Waals surface area (Å²) in [5, 5.41) is 8.53. The van der Waals surface area contributed by atoms with Crippen LogP contribution in [0.15, 0.2) is 30.9 Å². The number of nitriles is 1. The third kappa shape index (κ3) is 2.18. The predicted molar refractivity (Wildman–Crippen MR) is 52.9 cm³/mol. The van der Waals surface area contributed by atoms with Crippen LogP contribution in [0.2, 0.25) is 0 Å². The second-order valence-electron chi connectivity index (χ2n) is 2.98. The number of benzene rings is 1. The molecule has 1 atom stereocenters. The summed E-state index contributed by atoms with van der Waals surface area (Å²) < 4.78 is 13.3. The summed E-state index contributed by atoms with van der Waals surface area (Å²) in [6, 6.07) is 5.77. The van der Waals surface area contributed by atoms with Crippen molar-refractivity contribution in [3.63, 3.8) is 0 Å². The van der Waals surface area contributed by atoms with E-state index in [4.69, 9.17) is 11.0 Å². The van der Waals surface area contributed by atoms with E-state index in [1.807, 2.05) is 6.07 Å². The summed E-state index contributed by atoms with van der Waals surface area (Å²) in [5.41, 5.74) is 6.43. The third-order valence-corrected chi connectivity index (χ3v) is 1.95. The maximum atomic E-state index is 13.3. The molecule has 1 rings (SSSR count). The van der Waals surface area contributed by atoms with Gasteiger partial charge in [-0.15, -0.1) is 6.58 Å². The fourth-order valence-corrected chi connectivity index (χ4v) is 1.20. The number of nitrogens with two attached hydrogens (primary N) is 1. The second kappa shape index (κ2) is 4.54. The molecule has 0 aliphatic rings. The lowest BCUT2D eigenvalue weighted by atomic mass is 10.0. The van der Waals surface area contributed by atoms with Gasteiger partial charge in [0.1, 0.15) is 5.82 Å². The summed E-state index contributed by atoms with van der Waals surface area (Å²) in [7, 11) is 0. The molecule has 14 heavy (non-hydrogen) atoms. The van der Waals surface area contributed by atoms with Gasteiger partial charge >= 0.3 is 0 Å². The van der Waals surface area contributed by atoms with Crippen molar-refractivity contribution in [1.29, 1.82) is 5.26 Å². The van der Waals surface area contributed by atoms with Crippen LogP contribution < -0.4 is 5.73 Å². The Hall–Kier alpha value is -1.66. The number of nitrogens with zero attached hydrogens (tertiary/aromatic N) is 1. The highest BCUT2D eigenvalue weighted by Gasteiger charge is 2.10. The summed E-state index contributed by atoms with van der Waals surface area (Å²) in [5.74, 6) is -0.432. The zero-order valence-corrected chi connectivity index (χ0v) is 7.70. The van der Waals surface area contributed by atoms with Crippen molar-refractivity contribution < 1.29 is 4.39 Å². The summed E-state index contributed by atoms with van der Waals surface area (Å²) in [6.45, 7) is 3.53. The van der Waals surface area contributed by atoms with Crippen LogP contribution in [0.4, 0.5) is 4.39 Å². The Morgan fingerprint density at radius 1 is 1.64 bits per heavy atom. The topological polar surface area (TPSA) is 49.8 Å². The molecule has 0 saturated heterocycles. The van der Waals surface area contributed by atoms with Crippen molar-refractivity contribution in [1.82, 2.24) is 0 Å². The smallest absolute Gasteiger partial charge is 0.129 e. The molecule has 1 aromatic rings. The fraction of sp³-hybridized carbons (Fsp3) is 0.182. The highest BCUT2D eigenvalue weighted by Crippen LogP contribution is 2.19. The monoisotopic (exact) mass is 190 g/mol. The van der Waals surface area contributed by atoms with Gasteiger partial charge in [0.25, 0.3) is 0 Å². The minimum atomic E-state index is -0.432. The van der Waals surface area contributed by atoms with Crippen molar-refractivity contribution >= 4 is 0 Å². The molecule has 3 heteroatoms. The molecule has 0 aliphatic heterocycles. The van der Waals surface area contributed by atoms with Gasteiger partial charge in [-0.3, -0.25) is 0 Å². The van der Waals surface area contributed by atoms with Crippen molar-refractivity contribution in [2.75, 3.05) is 0 Å². The molecule has 0 fully saturated rings. The summed E-state index contributed by atoms with van der Waals surface area (Å²) >= 11 is 0. The molecule has 2 nitrogen and oxygen atoms in total. The predicted octanol–water partition coefficient (Wildman–Crippen LogP) is 2.27. The van der Waals surface area contributed by atoms with E-state index >= 15 is 0 Å². The first-order valence-electron chi connectivity index (χ1n) is 4.25. The normalized spacial score (nSPS) is 11.8. The Balaban J connectivity index is 3.00. The molecular weight excluding hydrogens is 179 g/mol. The molecule has 0 bridgehead atoms. The van der Waals surface area contributed by atoms with Crippen LogP contribution in [0.25, 0.3) is 0 Å². The van der Waals surface area contributed by atoms with Gasteiger partial charge in [0.15, 0.2) is 0 Å². The maximum Gasteiger partial charge on any atom is 0.129 e. The van der Waals surface area contributed by atoms with Crippen molar-refractivity contribution in [3.8, 4) is 6.07 Å². The molecule has 0 saturated carbocycles. The molecule has 0 aliphatic carbocycles. The lowest BCUT2D eigenvalue weighted by molar-refractivity contribution is 0.583. The molecule has 0 heterocycles. The number of rotatable bonds is 3. The van der Waals surface area contributed by atoms with Crippen LogP contribution in [-0.4, -0.2) is 0 Å². The SMILES string of the molecule is C=CCC(N)c1ccc(C#N)cc1F. The van der Waals surface area contributed by atoms with Gasteiger partial charge in [-0.25, -0.2) is 4.39 Å². The Kier molecular flexibility index (Phi) is 3.38. The van der Waals surface area contributed by atoms with Crippen LogP contribution in [0.1, 0.15) is 23.6 Å². The number of hydrogen-bond acceptors (Lipinski definition) is 2. The van der Waals surface area contributed by atoms with E-state index in [-0.39, 0.29) is 6.04 Å². The van der Waals surface area contributed by atoms with Gasteiger partial charge in [0.2, 0.25) is 0 Å². The Bertz CT molecular complexity index is 379. The van der Waals surface area contributed by atoms with Crippen molar-refractivity contribution in [3.05, 3.63) is 47.8 Å². The van der Waals surface area contributed by atoms with Gasteiger partial charge in [-0.2, -0.15) is 5.26 Å². The van der Waals surface area contributed by atoms with E-state index in [0.29, 0.717) is 17.5 Å². The maximum absolute atomic E-state index is 13.3. The van der Waals surface area contributed by atoms with Gasteiger partial charge in [0.05, 0.1) is 11.6 Å². The first-order valence-corrected chi connectivity index (χ1v) is 4.25.